The first-order valence-corrected chi connectivity index (χ1v) is 9.90. The van der Waals surface area contributed by atoms with E-state index < -0.39 is 0 Å². The van der Waals surface area contributed by atoms with E-state index in [0.717, 1.165) is 56.4 Å². The summed E-state index contributed by atoms with van der Waals surface area (Å²) in [6.07, 6.45) is 5.92. The predicted octanol–water partition coefficient (Wildman–Crippen LogP) is 2.43. The lowest BCUT2D eigenvalue weighted by molar-refractivity contribution is 0.169. The van der Waals surface area contributed by atoms with Crippen LogP contribution in [-0.2, 0) is 0 Å². The fourth-order valence-electron chi connectivity index (χ4n) is 4.12. The van der Waals surface area contributed by atoms with E-state index in [2.05, 4.69) is 25.4 Å². The number of nitrogens with zero attached hydrogens (tertiary/aromatic N) is 4. The van der Waals surface area contributed by atoms with Crippen molar-refractivity contribution >= 4 is 6.03 Å². The van der Waals surface area contributed by atoms with Gasteiger partial charge in [-0.1, -0.05) is 0 Å². The highest BCUT2D eigenvalue weighted by Crippen LogP contribution is 2.27. The van der Waals surface area contributed by atoms with Gasteiger partial charge >= 0.3 is 6.03 Å². The lowest BCUT2D eigenvalue weighted by atomic mass is 9.96. The van der Waals surface area contributed by atoms with Crippen LogP contribution in [0.3, 0.4) is 0 Å². The average molecular weight is 372 g/mol. The van der Waals surface area contributed by atoms with Gasteiger partial charge in [-0.3, -0.25) is 10.00 Å². The number of carbonyl (C=O) groups excluding carboxylic acids is 1. The average Bonchev–Trinajstić information content (AvgIpc) is 3.45. The summed E-state index contributed by atoms with van der Waals surface area (Å²) in [5, 5.41) is 10.3. The molecule has 2 N–H and O–H groups in total. The molecule has 0 spiro atoms. The molecule has 1 atom stereocenters. The van der Waals surface area contributed by atoms with Crippen molar-refractivity contribution in [2.24, 2.45) is 0 Å². The molecule has 2 aromatic rings. The number of aromatic nitrogens is 3. The molecule has 0 bridgehead atoms. The summed E-state index contributed by atoms with van der Waals surface area (Å²) in [6, 6.07) is 4.03. The molecule has 8 heteroatoms. The molecular weight excluding hydrogens is 344 g/mol. The lowest BCUT2D eigenvalue weighted by Crippen LogP contribution is -2.46. The van der Waals surface area contributed by atoms with Crippen molar-refractivity contribution in [3.63, 3.8) is 0 Å². The quantitative estimate of drug-likeness (QED) is 0.841. The highest BCUT2D eigenvalue weighted by molar-refractivity contribution is 5.74. The van der Waals surface area contributed by atoms with Gasteiger partial charge in [0.15, 0.2) is 5.82 Å². The summed E-state index contributed by atoms with van der Waals surface area (Å²) in [5.74, 6) is 2.98. The highest BCUT2D eigenvalue weighted by Gasteiger charge is 2.29. The van der Waals surface area contributed by atoms with Crippen molar-refractivity contribution in [1.29, 1.82) is 0 Å². The second-order valence-electron chi connectivity index (χ2n) is 7.50. The number of aryl methyl sites for hydroxylation is 1. The molecule has 8 nitrogen and oxygen atoms in total. The fourth-order valence-corrected chi connectivity index (χ4v) is 4.12. The lowest BCUT2D eigenvalue weighted by Gasteiger charge is -2.32. The summed E-state index contributed by atoms with van der Waals surface area (Å²) in [5.41, 5.74) is 0. The molecule has 0 aromatic carbocycles. The molecule has 2 aromatic heterocycles. The molecule has 146 valence electrons. The molecule has 2 aliphatic heterocycles. The monoisotopic (exact) mass is 372 g/mol. The summed E-state index contributed by atoms with van der Waals surface area (Å²) >= 11 is 0. The van der Waals surface area contributed by atoms with E-state index in [9.17, 15) is 4.79 Å². The Morgan fingerprint density at radius 1 is 1.33 bits per heavy atom. The van der Waals surface area contributed by atoms with Crippen LogP contribution in [0.2, 0.25) is 0 Å². The summed E-state index contributed by atoms with van der Waals surface area (Å²) in [4.78, 5) is 21.4. The van der Waals surface area contributed by atoms with Gasteiger partial charge in [-0.25, -0.2) is 9.78 Å². The van der Waals surface area contributed by atoms with Crippen LogP contribution in [0.5, 0.6) is 0 Å². The molecule has 0 saturated carbocycles. The van der Waals surface area contributed by atoms with Crippen LogP contribution in [0.15, 0.2) is 22.8 Å². The van der Waals surface area contributed by atoms with Gasteiger partial charge in [0.25, 0.3) is 0 Å². The zero-order valence-corrected chi connectivity index (χ0v) is 15.9. The minimum absolute atomic E-state index is 0.00960. The SMILES string of the molecule is Cc1nc(C2CCN(C(=O)NC[C@H](c3ccco3)N3CCCC3)CC2)n[nH]1. The Kier molecular flexibility index (Phi) is 5.42. The number of amides is 2. The minimum Gasteiger partial charge on any atom is -0.468 e. The van der Waals surface area contributed by atoms with Gasteiger partial charge in [0, 0.05) is 25.6 Å². The van der Waals surface area contributed by atoms with Crippen molar-refractivity contribution in [2.75, 3.05) is 32.7 Å². The number of rotatable bonds is 5. The van der Waals surface area contributed by atoms with Crippen LogP contribution >= 0.6 is 0 Å². The molecule has 4 rings (SSSR count). The number of hydrogen-bond donors (Lipinski definition) is 2. The van der Waals surface area contributed by atoms with Crippen LogP contribution in [0.25, 0.3) is 0 Å². The number of H-pyrrole nitrogens is 1. The number of piperidine rings is 1. The van der Waals surface area contributed by atoms with Crippen LogP contribution in [-0.4, -0.2) is 63.7 Å². The summed E-state index contributed by atoms with van der Waals surface area (Å²) in [6.45, 7) is 6.07. The highest BCUT2D eigenvalue weighted by atomic mass is 16.3. The van der Waals surface area contributed by atoms with Gasteiger partial charge in [-0.2, -0.15) is 5.10 Å². The number of furan rings is 1. The summed E-state index contributed by atoms with van der Waals surface area (Å²) < 4.78 is 5.63. The van der Waals surface area contributed by atoms with Gasteiger partial charge in [0.2, 0.25) is 0 Å². The Hall–Kier alpha value is -2.35. The van der Waals surface area contributed by atoms with Crippen molar-refractivity contribution in [1.82, 2.24) is 30.3 Å². The molecule has 0 radical (unpaired) electrons. The topological polar surface area (TPSA) is 90.3 Å². The molecule has 0 unspecified atom stereocenters. The Morgan fingerprint density at radius 2 is 2.11 bits per heavy atom. The Bertz CT molecular complexity index is 729. The molecule has 4 heterocycles. The van der Waals surface area contributed by atoms with Crippen molar-refractivity contribution in [3.8, 4) is 0 Å². The maximum atomic E-state index is 12.7. The summed E-state index contributed by atoms with van der Waals surface area (Å²) in [7, 11) is 0. The zero-order chi connectivity index (χ0) is 18.6. The van der Waals surface area contributed by atoms with E-state index in [0.29, 0.717) is 12.5 Å². The van der Waals surface area contributed by atoms with Gasteiger partial charge < -0.3 is 14.6 Å². The third kappa shape index (κ3) is 4.16. The van der Waals surface area contributed by atoms with E-state index in [1.807, 2.05) is 24.0 Å². The first kappa shape index (κ1) is 18.0. The second kappa shape index (κ2) is 8.12. The van der Waals surface area contributed by atoms with Crippen LogP contribution in [0.1, 0.15) is 55.1 Å². The molecule has 2 saturated heterocycles. The molecule has 0 aliphatic carbocycles. The van der Waals surface area contributed by atoms with Crippen molar-refractivity contribution < 1.29 is 9.21 Å². The number of likely N-dealkylation sites (tertiary alicyclic amines) is 2. The number of carbonyl (C=O) groups is 1. The predicted molar refractivity (Wildman–Crippen MR) is 100 cm³/mol. The number of hydrogen-bond acceptors (Lipinski definition) is 5. The van der Waals surface area contributed by atoms with Crippen LogP contribution in [0, 0.1) is 6.92 Å². The van der Waals surface area contributed by atoms with E-state index in [1.54, 1.807) is 6.26 Å². The van der Waals surface area contributed by atoms with Crippen LogP contribution < -0.4 is 5.32 Å². The standard InChI is InChI=1S/C19H28N6O2/c1-14-21-18(23-22-14)15-6-10-25(11-7-15)19(26)20-13-16(17-5-4-12-27-17)24-8-2-3-9-24/h4-5,12,15-16H,2-3,6-11,13H2,1H3,(H,20,26)(H,21,22,23)/t16-/m1/s1. The molecular formula is C19H28N6O2. The minimum atomic E-state index is 0.00960. The zero-order valence-electron chi connectivity index (χ0n) is 15.9. The van der Waals surface area contributed by atoms with E-state index in [4.69, 9.17) is 4.42 Å². The van der Waals surface area contributed by atoms with Crippen molar-refractivity contribution in [2.45, 2.75) is 44.6 Å². The number of aromatic amines is 1. The van der Waals surface area contributed by atoms with Gasteiger partial charge in [0.05, 0.1) is 12.3 Å². The Morgan fingerprint density at radius 3 is 2.74 bits per heavy atom. The number of urea groups is 1. The fraction of sp³-hybridized carbons (Fsp3) is 0.632. The second-order valence-corrected chi connectivity index (χ2v) is 7.50. The van der Waals surface area contributed by atoms with Crippen LogP contribution in [0.4, 0.5) is 4.79 Å². The Balaban J connectivity index is 1.30. The largest absolute Gasteiger partial charge is 0.468 e. The van der Waals surface area contributed by atoms with Crippen molar-refractivity contribution in [3.05, 3.63) is 35.8 Å². The first-order valence-electron chi connectivity index (χ1n) is 9.90. The third-order valence-corrected chi connectivity index (χ3v) is 5.66. The number of nitrogens with one attached hydrogen (secondary N) is 2. The van der Waals surface area contributed by atoms with E-state index in [1.165, 1.54) is 12.8 Å². The molecule has 27 heavy (non-hydrogen) atoms. The van der Waals surface area contributed by atoms with Gasteiger partial charge in [-0.15, -0.1) is 0 Å². The Labute approximate surface area is 159 Å². The molecule has 2 amide bonds. The molecule has 2 aliphatic rings. The maximum Gasteiger partial charge on any atom is 0.317 e. The van der Waals surface area contributed by atoms with Gasteiger partial charge in [0.1, 0.15) is 11.6 Å². The van der Waals surface area contributed by atoms with Gasteiger partial charge in [-0.05, 0) is 57.8 Å². The smallest absolute Gasteiger partial charge is 0.317 e. The van der Waals surface area contributed by atoms with E-state index >= 15 is 0 Å². The van der Waals surface area contributed by atoms with E-state index in [-0.39, 0.29) is 12.1 Å². The third-order valence-electron chi connectivity index (χ3n) is 5.66. The maximum absolute atomic E-state index is 12.7. The first-order chi connectivity index (χ1) is 13.2. The molecule has 2 fully saturated rings. The normalized spacial score (nSPS) is 20.1.